The highest BCUT2D eigenvalue weighted by molar-refractivity contribution is 6.31. The molecule has 4 nitrogen and oxygen atoms in total. The molecule has 0 spiro atoms. The molecule has 1 rings (SSSR count). The summed E-state index contributed by atoms with van der Waals surface area (Å²) in [6, 6.07) is 0. The molecule has 1 aromatic rings. The maximum Gasteiger partial charge on any atom is 0.204 e. The van der Waals surface area contributed by atoms with Gasteiger partial charge in [-0.1, -0.05) is 39.3 Å². The first-order chi connectivity index (χ1) is 10.1. The van der Waals surface area contributed by atoms with E-state index in [1.807, 2.05) is 13.8 Å². The van der Waals surface area contributed by atoms with Crippen molar-refractivity contribution in [1.29, 1.82) is 0 Å². The summed E-state index contributed by atoms with van der Waals surface area (Å²) in [6.07, 6.45) is 1.93. The molecule has 0 aliphatic carbocycles. The van der Waals surface area contributed by atoms with Crippen molar-refractivity contribution in [2.24, 2.45) is 5.92 Å². The zero-order valence-electron chi connectivity index (χ0n) is 14.6. The predicted molar refractivity (Wildman–Crippen MR) is 92.3 cm³/mol. The van der Waals surface area contributed by atoms with Gasteiger partial charge in [-0.15, -0.1) is 0 Å². The molecular formula is C17H29ClN2O2. The maximum absolute atomic E-state index is 12.6. The van der Waals surface area contributed by atoms with Crippen LogP contribution in [-0.4, -0.2) is 23.0 Å². The van der Waals surface area contributed by atoms with Crippen LogP contribution in [-0.2, 0) is 5.41 Å². The Hall–Kier alpha value is -1.00. The van der Waals surface area contributed by atoms with Crippen molar-refractivity contribution in [2.75, 3.05) is 13.1 Å². The lowest BCUT2D eigenvalue weighted by molar-refractivity contribution is 0.167. The molecule has 2 N–H and O–H groups in total. The number of rotatable bonds is 7. The zero-order chi connectivity index (χ0) is 17.1. The monoisotopic (exact) mass is 328 g/mol. The summed E-state index contributed by atoms with van der Waals surface area (Å²) in [5.41, 5.74) is 1.08. The van der Waals surface area contributed by atoms with Crippen LogP contribution in [0.1, 0.15) is 57.5 Å². The Kier molecular flexibility index (Phi) is 6.50. The second kappa shape index (κ2) is 7.51. The smallest absolute Gasteiger partial charge is 0.204 e. The van der Waals surface area contributed by atoms with E-state index in [1.54, 1.807) is 13.8 Å². The first-order valence-electron chi connectivity index (χ1n) is 7.95. The van der Waals surface area contributed by atoms with Gasteiger partial charge in [0.2, 0.25) is 5.43 Å². The molecule has 0 fully saturated rings. The average Bonchev–Trinajstić information content (AvgIpc) is 2.42. The lowest BCUT2D eigenvalue weighted by Gasteiger charge is -2.30. The number of hydrogen-bond acceptors (Lipinski definition) is 3. The van der Waals surface area contributed by atoms with E-state index in [0.29, 0.717) is 22.9 Å². The maximum atomic E-state index is 12.6. The topological polar surface area (TPSA) is 54.3 Å². The Balaban J connectivity index is 3.10. The summed E-state index contributed by atoms with van der Waals surface area (Å²) in [5, 5.41) is 13.6. The van der Waals surface area contributed by atoms with E-state index in [0.717, 1.165) is 30.7 Å². The fraction of sp³-hybridized carbons (Fsp3) is 0.706. The van der Waals surface area contributed by atoms with Crippen molar-refractivity contribution in [2.45, 2.75) is 59.8 Å². The van der Waals surface area contributed by atoms with Crippen LogP contribution in [0.5, 0.6) is 0 Å². The number of halogens is 1. The van der Waals surface area contributed by atoms with E-state index in [1.165, 1.54) is 0 Å². The Morgan fingerprint density at radius 1 is 1.32 bits per heavy atom. The molecule has 0 saturated heterocycles. The number of aromatic nitrogens is 1. The molecular weight excluding hydrogens is 300 g/mol. The molecule has 0 saturated carbocycles. The van der Waals surface area contributed by atoms with E-state index < -0.39 is 0 Å². The average molecular weight is 329 g/mol. The van der Waals surface area contributed by atoms with Crippen LogP contribution >= 0.6 is 11.6 Å². The standard InChI is InChI=1S/C17H29ClN2O2/c1-7-19-9-8-11(2)10-17(5,6)14-12(3)20(22)13(4)15(18)16(14)21/h11,19,22H,7-10H2,1-6H3. The number of nitrogens with one attached hydrogen (secondary N) is 1. The normalized spacial score (nSPS) is 13.4. The molecule has 1 aromatic heterocycles. The molecule has 0 aliphatic heterocycles. The van der Waals surface area contributed by atoms with Crippen LogP contribution in [0, 0.1) is 19.8 Å². The molecule has 22 heavy (non-hydrogen) atoms. The Bertz CT molecular complexity index is 579. The van der Waals surface area contributed by atoms with Crippen molar-refractivity contribution in [1.82, 2.24) is 10.0 Å². The van der Waals surface area contributed by atoms with Gasteiger partial charge in [-0.05, 0) is 51.1 Å². The first-order valence-corrected chi connectivity index (χ1v) is 8.33. The van der Waals surface area contributed by atoms with Crippen molar-refractivity contribution in [3.05, 3.63) is 32.2 Å². The van der Waals surface area contributed by atoms with Crippen molar-refractivity contribution < 1.29 is 5.21 Å². The van der Waals surface area contributed by atoms with Gasteiger partial charge in [-0.2, -0.15) is 4.73 Å². The minimum Gasteiger partial charge on any atom is -0.428 e. The summed E-state index contributed by atoms with van der Waals surface area (Å²) in [7, 11) is 0. The third-order valence-electron chi connectivity index (χ3n) is 4.34. The van der Waals surface area contributed by atoms with Gasteiger partial charge in [0.25, 0.3) is 0 Å². The molecule has 126 valence electrons. The summed E-state index contributed by atoms with van der Waals surface area (Å²) >= 11 is 6.10. The van der Waals surface area contributed by atoms with Gasteiger partial charge < -0.3 is 10.5 Å². The Morgan fingerprint density at radius 2 is 1.91 bits per heavy atom. The number of pyridine rings is 1. The second-order valence-corrected chi connectivity index (χ2v) is 7.21. The summed E-state index contributed by atoms with van der Waals surface area (Å²) < 4.78 is 1.03. The van der Waals surface area contributed by atoms with E-state index in [9.17, 15) is 10.0 Å². The van der Waals surface area contributed by atoms with Crippen molar-refractivity contribution in [3.8, 4) is 0 Å². The van der Waals surface area contributed by atoms with Gasteiger partial charge in [0.05, 0.1) is 11.4 Å². The lowest BCUT2D eigenvalue weighted by Crippen LogP contribution is -2.33. The minimum absolute atomic E-state index is 0.108. The lowest BCUT2D eigenvalue weighted by atomic mass is 9.76. The van der Waals surface area contributed by atoms with Gasteiger partial charge in [-0.25, -0.2) is 0 Å². The van der Waals surface area contributed by atoms with E-state index >= 15 is 0 Å². The molecule has 1 unspecified atom stereocenters. The number of hydrogen-bond donors (Lipinski definition) is 2. The van der Waals surface area contributed by atoms with Crippen molar-refractivity contribution in [3.63, 3.8) is 0 Å². The second-order valence-electron chi connectivity index (χ2n) is 6.84. The fourth-order valence-electron chi connectivity index (χ4n) is 3.29. The van der Waals surface area contributed by atoms with Crippen LogP contribution in [0.2, 0.25) is 5.02 Å². The molecule has 1 heterocycles. The molecule has 0 radical (unpaired) electrons. The minimum atomic E-state index is -0.339. The third kappa shape index (κ3) is 4.05. The van der Waals surface area contributed by atoms with E-state index in [-0.39, 0.29) is 15.9 Å². The van der Waals surface area contributed by atoms with Crippen molar-refractivity contribution >= 4 is 11.6 Å². The van der Waals surface area contributed by atoms with Crippen LogP contribution in [0.15, 0.2) is 4.79 Å². The van der Waals surface area contributed by atoms with Crippen LogP contribution in [0.3, 0.4) is 0 Å². The van der Waals surface area contributed by atoms with Gasteiger partial charge in [0.1, 0.15) is 5.02 Å². The Morgan fingerprint density at radius 3 is 2.45 bits per heavy atom. The summed E-state index contributed by atoms with van der Waals surface area (Å²) in [5.74, 6) is 0.472. The predicted octanol–water partition coefficient (Wildman–Crippen LogP) is 3.66. The van der Waals surface area contributed by atoms with Gasteiger partial charge in [0, 0.05) is 5.56 Å². The molecule has 5 heteroatoms. The van der Waals surface area contributed by atoms with Crippen LogP contribution in [0.25, 0.3) is 0 Å². The third-order valence-corrected chi connectivity index (χ3v) is 4.79. The van der Waals surface area contributed by atoms with Gasteiger partial charge in [-0.3, -0.25) is 4.79 Å². The van der Waals surface area contributed by atoms with E-state index in [4.69, 9.17) is 11.6 Å². The van der Waals surface area contributed by atoms with Crippen LogP contribution in [0.4, 0.5) is 0 Å². The van der Waals surface area contributed by atoms with Gasteiger partial charge in [0.15, 0.2) is 0 Å². The fourth-order valence-corrected chi connectivity index (χ4v) is 3.46. The SMILES string of the molecule is CCNCCC(C)CC(C)(C)c1c(C)n(O)c(C)c(Cl)c1=O. The summed E-state index contributed by atoms with van der Waals surface area (Å²) in [4.78, 5) is 12.6. The molecule has 0 aliphatic rings. The first kappa shape index (κ1) is 19.0. The van der Waals surface area contributed by atoms with E-state index in [2.05, 4.69) is 19.2 Å². The molecule has 1 atom stereocenters. The Labute approximate surface area is 138 Å². The highest BCUT2D eigenvalue weighted by Gasteiger charge is 2.30. The van der Waals surface area contributed by atoms with Gasteiger partial charge >= 0.3 is 0 Å². The summed E-state index contributed by atoms with van der Waals surface area (Å²) in [6.45, 7) is 13.7. The highest BCUT2D eigenvalue weighted by Crippen LogP contribution is 2.32. The largest absolute Gasteiger partial charge is 0.428 e. The van der Waals surface area contributed by atoms with Crippen LogP contribution < -0.4 is 10.7 Å². The quantitative estimate of drug-likeness (QED) is 0.593. The molecule has 0 bridgehead atoms. The molecule has 0 amide bonds. The molecule has 0 aromatic carbocycles. The number of nitrogens with zero attached hydrogens (tertiary/aromatic N) is 1. The zero-order valence-corrected chi connectivity index (χ0v) is 15.3. The highest BCUT2D eigenvalue weighted by atomic mass is 35.5.